The standard InChI is InChI=1S/C17H9Cl4NO3/c1-25-13-5-3-9(19)7-12(13)22-16(23)14(15(21)17(22)24)10-4-2-8(18)6-11(10)20/h2-7H,1H3. The maximum absolute atomic E-state index is 12.9. The van der Waals surface area contributed by atoms with Crippen molar-refractivity contribution in [2.24, 2.45) is 0 Å². The maximum atomic E-state index is 12.9. The van der Waals surface area contributed by atoms with Crippen LogP contribution in [0.15, 0.2) is 41.4 Å². The van der Waals surface area contributed by atoms with Gasteiger partial charge in [0.25, 0.3) is 11.8 Å². The van der Waals surface area contributed by atoms with E-state index in [0.717, 1.165) is 4.90 Å². The van der Waals surface area contributed by atoms with Gasteiger partial charge in [0.2, 0.25) is 0 Å². The van der Waals surface area contributed by atoms with Crippen molar-refractivity contribution < 1.29 is 14.3 Å². The van der Waals surface area contributed by atoms with E-state index in [1.54, 1.807) is 18.2 Å². The lowest BCUT2D eigenvalue weighted by molar-refractivity contribution is -0.119. The predicted molar refractivity (Wildman–Crippen MR) is 99.7 cm³/mol. The second-order valence-electron chi connectivity index (χ2n) is 5.08. The summed E-state index contributed by atoms with van der Waals surface area (Å²) in [4.78, 5) is 26.4. The molecule has 0 aromatic heterocycles. The molecule has 0 aliphatic carbocycles. The minimum Gasteiger partial charge on any atom is -0.495 e. The molecule has 128 valence electrons. The zero-order valence-corrected chi connectivity index (χ0v) is 15.7. The van der Waals surface area contributed by atoms with Crippen molar-refractivity contribution in [3.63, 3.8) is 0 Å². The molecule has 1 aliphatic heterocycles. The maximum Gasteiger partial charge on any atom is 0.277 e. The van der Waals surface area contributed by atoms with E-state index in [4.69, 9.17) is 51.1 Å². The van der Waals surface area contributed by atoms with Crippen LogP contribution in [-0.4, -0.2) is 18.9 Å². The van der Waals surface area contributed by atoms with E-state index in [-0.39, 0.29) is 21.3 Å². The molecule has 1 heterocycles. The molecule has 2 amide bonds. The third kappa shape index (κ3) is 3.11. The monoisotopic (exact) mass is 415 g/mol. The molecule has 25 heavy (non-hydrogen) atoms. The van der Waals surface area contributed by atoms with Crippen molar-refractivity contribution in [2.45, 2.75) is 0 Å². The topological polar surface area (TPSA) is 46.6 Å². The van der Waals surface area contributed by atoms with Crippen molar-refractivity contribution in [3.05, 3.63) is 62.1 Å². The normalized spacial score (nSPS) is 14.5. The molecule has 0 saturated heterocycles. The number of carbonyl (C=O) groups excluding carboxylic acids is 2. The van der Waals surface area contributed by atoms with Crippen molar-refractivity contribution >= 4 is 69.5 Å². The molecule has 4 nitrogen and oxygen atoms in total. The molecular formula is C17H9Cl4NO3. The Morgan fingerprint density at radius 2 is 1.52 bits per heavy atom. The molecule has 3 rings (SSSR count). The largest absolute Gasteiger partial charge is 0.495 e. The number of rotatable bonds is 3. The molecule has 0 fully saturated rings. The van der Waals surface area contributed by atoms with Gasteiger partial charge in [-0.3, -0.25) is 9.59 Å². The zero-order valence-electron chi connectivity index (χ0n) is 12.6. The Balaban J connectivity index is 2.13. The van der Waals surface area contributed by atoms with E-state index >= 15 is 0 Å². The number of benzene rings is 2. The number of anilines is 1. The van der Waals surface area contributed by atoms with Crippen LogP contribution in [0.25, 0.3) is 5.57 Å². The first-order valence-corrected chi connectivity index (χ1v) is 8.44. The van der Waals surface area contributed by atoms with E-state index in [9.17, 15) is 9.59 Å². The van der Waals surface area contributed by atoms with Gasteiger partial charge in [-0.05, 0) is 30.3 Å². The predicted octanol–water partition coefficient (Wildman–Crippen LogP) is 5.18. The highest BCUT2D eigenvalue weighted by Gasteiger charge is 2.41. The van der Waals surface area contributed by atoms with Gasteiger partial charge in [-0.15, -0.1) is 0 Å². The number of hydrogen-bond acceptors (Lipinski definition) is 3. The van der Waals surface area contributed by atoms with Crippen LogP contribution in [0.3, 0.4) is 0 Å². The van der Waals surface area contributed by atoms with Gasteiger partial charge in [-0.1, -0.05) is 52.5 Å². The van der Waals surface area contributed by atoms with Crippen LogP contribution in [0.2, 0.25) is 15.1 Å². The number of hydrogen-bond donors (Lipinski definition) is 0. The summed E-state index contributed by atoms with van der Waals surface area (Å²) in [5.41, 5.74) is 0.511. The van der Waals surface area contributed by atoms with Crippen molar-refractivity contribution in [1.29, 1.82) is 0 Å². The number of amides is 2. The molecule has 0 radical (unpaired) electrons. The number of methoxy groups -OCH3 is 1. The molecule has 8 heteroatoms. The first-order valence-electron chi connectivity index (χ1n) is 6.92. The molecule has 0 unspecified atom stereocenters. The summed E-state index contributed by atoms with van der Waals surface area (Å²) >= 11 is 24.2. The Kier molecular flexibility index (Phi) is 4.98. The highest BCUT2D eigenvalue weighted by Crippen LogP contribution is 2.41. The fraction of sp³-hybridized carbons (Fsp3) is 0.0588. The van der Waals surface area contributed by atoms with Gasteiger partial charge < -0.3 is 4.74 Å². The van der Waals surface area contributed by atoms with Gasteiger partial charge in [-0.2, -0.15) is 0 Å². The Hall–Kier alpha value is -1.72. The zero-order chi connectivity index (χ0) is 18.3. The van der Waals surface area contributed by atoms with E-state index in [2.05, 4.69) is 0 Å². The summed E-state index contributed by atoms with van der Waals surface area (Å²) in [6, 6.07) is 9.15. The number of nitrogens with zero attached hydrogens (tertiary/aromatic N) is 1. The molecule has 2 aromatic carbocycles. The smallest absolute Gasteiger partial charge is 0.277 e. The number of imide groups is 1. The van der Waals surface area contributed by atoms with Crippen molar-refractivity contribution in [3.8, 4) is 5.75 Å². The average molecular weight is 417 g/mol. The third-order valence-corrected chi connectivity index (χ3v) is 4.74. The summed E-state index contributed by atoms with van der Waals surface area (Å²) in [5, 5.41) is 0.707. The van der Waals surface area contributed by atoms with Crippen LogP contribution in [-0.2, 0) is 9.59 Å². The molecule has 2 aromatic rings. The molecule has 0 spiro atoms. The minimum atomic E-state index is -0.687. The lowest BCUT2D eigenvalue weighted by Crippen LogP contribution is -2.31. The molecule has 0 atom stereocenters. The van der Waals surface area contributed by atoms with Crippen LogP contribution in [0.5, 0.6) is 5.75 Å². The van der Waals surface area contributed by atoms with Gasteiger partial charge >= 0.3 is 0 Å². The fourth-order valence-corrected chi connectivity index (χ4v) is 3.42. The summed E-state index contributed by atoms with van der Waals surface area (Å²) in [5.74, 6) is -1.01. The van der Waals surface area contributed by atoms with Crippen LogP contribution in [0.1, 0.15) is 5.56 Å². The molecular weight excluding hydrogens is 408 g/mol. The fourth-order valence-electron chi connectivity index (χ4n) is 2.49. The van der Waals surface area contributed by atoms with Crippen LogP contribution < -0.4 is 9.64 Å². The first kappa shape index (κ1) is 18.1. The third-order valence-electron chi connectivity index (χ3n) is 3.61. The van der Waals surface area contributed by atoms with E-state index in [1.165, 1.54) is 25.3 Å². The highest BCUT2D eigenvalue weighted by molar-refractivity contribution is 6.61. The quantitative estimate of drug-likeness (QED) is 0.647. The van der Waals surface area contributed by atoms with Crippen LogP contribution >= 0.6 is 46.4 Å². The number of halogens is 4. The first-order chi connectivity index (χ1) is 11.8. The Morgan fingerprint density at radius 1 is 0.880 bits per heavy atom. The number of ether oxygens (including phenoxy) is 1. The molecule has 0 bridgehead atoms. The summed E-state index contributed by atoms with van der Waals surface area (Å²) in [6.07, 6.45) is 0. The van der Waals surface area contributed by atoms with Crippen molar-refractivity contribution in [2.75, 3.05) is 12.0 Å². The summed E-state index contributed by atoms with van der Waals surface area (Å²) in [6.45, 7) is 0. The highest BCUT2D eigenvalue weighted by atomic mass is 35.5. The Labute approximate surface area is 163 Å². The Bertz CT molecular complexity index is 939. The lowest BCUT2D eigenvalue weighted by atomic mass is 10.1. The van der Waals surface area contributed by atoms with Gasteiger partial charge in [0.05, 0.1) is 23.4 Å². The van der Waals surface area contributed by atoms with Gasteiger partial charge in [0.1, 0.15) is 10.8 Å². The summed E-state index contributed by atoms with van der Waals surface area (Å²) in [7, 11) is 1.42. The van der Waals surface area contributed by atoms with Crippen LogP contribution in [0.4, 0.5) is 5.69 Å². The summed E-state index contributed by atoms with van der Waals surface area (Å²) < 4.78 is 5.22. The SMILES string of the molecule is COc1ccc(Cl)cc1N1C(=O)C(Cl)=C(c2ccc(Cl)cc2Cl)C1=O. The lowest BCUT2D eigenvalue weighted by Gasteiger charge is -2.18. The van der Waals surface area contributed by atoms with Gasteiger partial charge in [-0.25, -0.2) is 4.90 Å². The van der Waals surface area contributed by atoms with Gasteiger partial charge in [0, 0.05) is 15.6 Å². The Morgan fingerprint density at radius 3 is 2.16 bits per heavy atom. The molecule has 0 saturated carbocycles. The number of carbonyl (C=O) groups is 2. The van der Waals surface area contributed by atoms with Crippen LogP contribution in [0, 0.1) is 0 Å². The molecule has 0 N–H and O–H groups in total. The molecule has 1 aliphatic rings. The van der Waals surface area contributed by atoms with E-state index < -0.39 is 11.8 Å². The average Bonchev–Trinajstić information content (AvgIpc) is 2.78. The minimum absolute atomic E-state index is 0.00429. The van der Waals surface area contributed by atoms with E-state index in [1.807, 2.05) is 0 Å². The van der Waals surface area contributed by atoms with Gasteiger partial charge in [0.15, 0.2) is 0 Å². The van der Waals surface area contributed by atoms with Crippen molar-refractivity contribution in [1.82, 2.24) is 0 Å². The second kappa shape index (κ2) is 6.89. The van der Waals surface area contributed by atoms with E-state index in [0.29, 0.717) is 21.4 Å². The second-order valence-corrected chi connectivity index (χ2v) is 6.73.